The molecule has 0 unspecified atom stereocenters. The minimum atomic E-state index is -2.89. The van der Waals surface area contributed by atoms with E-state index in [-0.39, 0.29) is 17.4 Å². The second kappa shape index (κ2) is 11.0. The fourth-order valence-corrected chi connectivity index (χ4v) is 4.90. The first-order valence-corrected chi connectivity index (χ1v) is 13.0. The van der Waals surface area contributed by atoms with E-state index in [0.717, 1.165) is 5.56 Å². The van der Waals surface area contributed by atoms with Gasteiger partial charge in [-0.2, -0.15) is 0 Å². The minimum absolute atomic E-state index is 0.000646. The van der Waals surface area contributed by atoms with Gasteiger partial charge >= 0.3 is 0 Å². The van der Waals surface area contributed by atoms with Gasteiger partial charge in [-0.05, 0) is 56.9 Å². The minimum Gasteiger partial charge on any atom is -0.485 e. The van der Waals surface area contributed by atoms with Crippen LogP contribution < -0.4 is 15.6 Å². The number of hydrogen-bond donors (Lipinski definition) is 1. The van der Waals surface area contributed by atoms with E-state index in [4.69, 9.17) is 19.1 Å². The summed E-state index contributed by atoms with van der Waals surface area (Å²) in [5.74, 6) is -3.57. The molecule has 0 spiro atoms. The lowest BCUT2D eigenvalue weighted by molar-refractivity contribution is -0.120. The van der Waals surface area contributed by atoms with E-state index in [1.165, 1.54) is 29.7 Å². The van der Waals surface area contributed by atoms with Crippen LogP contribution in [-0.4, -0.2) is 25.4 Å². The molecule has 4 aromatic heterocycles. The quantitative estimate of drug-likeness (QED) is 0.334. The van der Waals surface area contributed by atoms with Gasteiger partial charge in [0.15, 0.2) is 5.82 Å². The number of nitrogens with zero attached hydrogens (tertiary/aromatic N) is 4. The summed E-state index contributed by atoms with van der Waals surface area (Å²) in [5, 5.41) is 2.20. The van der Waals surface area contributed by atoms with Gasteiger partial charge in [-0.25, -0.2) is 18.2 Å². The molecule has 4 aromatic rings. The summed E-state index contributed by atoms with van der Waals surface area (Å²) in [6.45, 7) is 1.67. The molecule has 0 fully saturated rings. The average Bonchev–Trinajstić information content (AvgIpc) is 3.09. The fourth-order valence-electron chi connectivity index (χ4n) is 4.72. The van der Waals surface area contributed by atoms with E-state index in [2.05, 4.69) is 20.3 Å². The molecule has 0 bridgehead atoms. The number of rotatable bonds is 6. The third-order valence-electron chi connectivity index (χ3n) is 6.53. The Morgan fingerprint density at radius 2 is 1.90 bits per heavy atom. The molecule has 12 heteroatoms. The number of pyridine rings is 4. The van der Waals surface area contributed by atoms with Crippen molar-refractivity contribution in [2.75, 3.05) is 0 Å². The van der Waals surface area contributed by atoms with Crippen molar-refractivity contribution in [3.63, 3.8) is 0 Å². The second-order valence-electron chi connectivity index (χ2n) is 10.0. The topological polar surface area (TPSA) is 99.0 Å². The summed E-state index contributed by atoms with van der Waals surface area (Å²) in [5.41, 5.74) is -0.437. The molecule has 0 radical (unpaired) electrons. The summed E-state index contributed by atoms with van der Waals surface area (Å²) >= 11 is 6.39. The summed E-state index contributed by atoms with van der Waals surface area (Å²) in [6, 6.07) is 6.14. The number of carbonyl (C=O) groups excluding carboxylic acids is 1. The van der Waals surface area contributed by atoms with E-state index in [9.17, 15) is 22.8 Å². The number of aromatic nitrogens is 4. The van der Waals surface area contributed by atoms with Gasteiger partial charge in [-0.3, -0.25) is 24.1 Å². The van der Waals surface area contributed by atoms with Crippen LogP contribution in [0.25, 0.3) is 17.1 Å². The van der Waals surface area contributed by atoms with Gasteiger partial charge in [-0.1, -0.05) is 11.6 Å². The van der Waals surface area contributed by atoms with Gasteiger partial charge in [0.05, 0.1) is 31.6 Å². The van der Waals surface area contributed by atoms with Crippen LogP contribution >= 0.6 is 11.6 Å². The molecule has 0 saturated carbocycles. The van der Waals surface area contributed by atoms with Crippen molar-refractivity contribution in [1.29, 1.82) is 0 Å². The summed E-state index contributed by atoms with van der Waals surface area (Å²) in [6.07, 6.45) is 3.76. The molecule has 0 saturated heterocycles. The number of aryl methyl sites for hydroxylation is 2. The van der Waals surface area contributed by atoms with Gasteiger partial charge in [0.25, 0.3) is 5.56 Å². The van der Waals surface area contributed by atoms with E-state index < -0.39 is 45.8 Å². The first kappa shape index (κ1) is 25.7. The SMILES string of the molecule is [2H]C([2H])(Oc1cc2n(c(=O)c1Cl)-c1cc(-c3ccc(F)c(C(C)(C)NC(C)=O)n3)ncc1CCC2)c1ncc(F)cc1F. The number of nitrogens with one attached hydrogen (secondary N) is 1. The molecule has 8 nitrogen and oxygen atoms in total. The Morgan fingerprint density at radius 3 is 2.63 bits per heavy atom. The van der Waals surface area contributed by atoms with Crippen LogP contribution in [0.5, 0.6) is 5.75 Å². The Bertz CT molecular complexity index is 1830. The highest BCUT2D eigenvalue weighted by atomic mass is 35.5. The van der Waals surface area contributed by atoms with Crippen molar-refractivity contribution in [2.24, 2.45) is 0 Å². The molecular formula is C29H25ClF3N5O3. The van der Waals surface area contributed by atoms with E-state index in [1.807, 2.05) is 0 Å². The zero-order valence-corrected chi connectivity index (χ0v) is 22.9. The molecule has 1 aliphatic heterocycles. The Balaban J connectivity index is 1.58. The van der Waals surface area contributed by atoms with Crippen molar-refractivity contribution in [3.05, 3.63) is 98.2 Å². The molecule has 5 rings (SSSR count). The van der Waals surface area contributed by atoms with Crippen molar-refractivity contribution >= 4 is 17.5 Å². The number of carbonyl (C=O) groups is 1. The Kier molecular flexibility index (Phi) is 6.87. The molecule has 5 heterocycles. The highest BCUT2D eigenvalue weighted by molar-refractivity contribution is 6.31. The maximum atomic E-state index is 14.8. The second-order valence-corrected chi connectivity index (χ2v) is 10.4. The van der Waals surface area contributed by atoms with Gasteiger partial charge < -0.3 is 10.1 Å². The van der Waals surface area contributed by atoms with Crippen molar-refractivity contribution in [1.82, 2.24) is 24.8 Å². The Morgan fingerprint density at radius 1 is 1.12 bits per heavy atom. The summed E-state index contributed by atoms with van der Waals surface area (Å²) in [4.78, 5) is 37.7. The molecule has 212 valence electrons. The Hall–Kier alpha value is -4.25. The van der Waals surface area contributed by atoms with Gasteiger partial charge in [0.1, 0.15) is 40.4 Å². The predicted octanol–water partition coefficient (Wildman–Crippen LogP) is 5.20. The monoisotopic (exact) mass is 585 g/mol. The van der Waals surface area contributed by atoms with Gasteiger partial charge in [0, 0.05) is 30.9 Å². The lowest BCUT2D eigenvalue weighted by Gasteiger charge is -2.26. The van der Waals surface area contributed by atoms with Crippen molar-refractivity contribution in [2.45, 2.75) is 52.1 Å². The van der Waals surface area contributed by atoms with Crippen LogP contribution in [0.15, 0.2) is 47.5 Å². The standard InChI is InChI=1S/C29H25ClF3N5O3/c1-15(39)37-29(2,3)27-19(32)7-8-21(36-27)22-11-24-16(12-34-22)5-4-6-18-10-25(26(30)28(40)38(18)24)41-14-23-20(33)9-17(31)13-35-23/h7-13H,4-6,14H2,1-3H3,(H,37,39)/i14D2. The van der Waals surface area contributed by atoms with Crippen LogP contribution in [0, 0.1) is 17.5 Å². The highest BCUT2D eigenvalue weighted by Gasteiger charge is 2.28. The number of halogens is 4. The van der Waals surface area contributed by atoms with E-state index >= 15 is 0 Å². The molecule has 1 N–H and O–H groups in total. The molecule has 0 aliphatic carbocycles. The number of hydrogen-bond acceptors (Lipinski definition) is 6. The maximum absolute atomic E-state index is 14.8. The number of ether oxygens (including phenoxy) is 1. The van der Waals surface area contributed by atoms with Crippen LogP contribution in [-0.2, 0) is 29.7 Å². The van der Waals surface area contributed by atoms with Gasteiger partial charge in [0.2, 0.25) is 5.91 Å². The van der Waals surface area contributed by atoms with Crippen LogP contribution in [0.4, 0.5) is 13.2 Å². The third kappa shape index (κ3) is 5.67. The van der Waals surface area contributed by atoms with E-state index in [0.29, 0.717) is 54.3 Å². The van der Waals surface area contributed by atoms with Crippen molar-refractivity contribution < 1.29 is 25.4 Å². The lowest BCUT2D eigenvalue weighted by Crippen LogP contribution is -2.41. The predicted molar refractivity (Wildman–Crippen MR) is 145 cm³/mol. The first-order valence-electron chi connectivity index (χ1n) is 13.6. The summed E-state index contributed by atoms with van der Waals surface area (Å²) < 4.78 is 65.5. The highest BCUT2D eigenvalue weighted by Crippen LogP contribution is 2.31. The van der Waals surface area contributed by atoms with Crippen LogP contribution in [0.1, 0.15) is 52.6 Å². The zero-order chi connectivity index (χ0) is 31.3. The summed E-state index contributed by atoms with van der Waals surface area (Å²) in [7, 11) is 0. The van der Waals surface area contributed by atoms with Gasteiger partial charge in [-0.15, -0.1) is 0 Å². The molecule has 0 aromatic carbocycles. The number of fused-ring (bicyclic) bond motifs is 3. The zero-order valence-electron chi connectivity index (χ0n) is 24.2. The molecular weight excluding hydrogens is 559 g/mol. The van der Waals surface area contributed by atoms with Crippen LogP contribution in [0.2, 0.25) is 5.02 Å². The largest absolute Gasteiger partial charge is 0.485 e. The smallest absolute Gasteiger partial charge is 0.277 e. The van der Waals surface area contributed by atoms with E-state index in [1.54, 1.807) is 26.1 Å². The third-order valence-corrected chi connectivity index (χ3v) is 6.88. The normalized spacial score (nSPS) is 13.8. The molecule has 1 amide bonds. The molecule has 1 aliphatic rings. The van der Waals surface area contributed by atoms with Crippen LogP contribution in [0.3, 0.4) is 0 Å². The fraction of sp³-hybridized carbons (Fsp3) is 0.276. The molecule has 0 atom stereocenters. The lowest BCUT2D eigenvalue weighted by atomic mass is 9.98. The maximum Gasteiger partial charge on any atom is 0.277 e. The Labute approximate surface area is 241 Å². The average molecular weight is 586 g/mol. The van der Waals surface area contributed by atoms with Crippen molar-refractivity contribution in [3.8, 4) is 22.8 Å². The molecule has 41 heavy (non-hydrogen) atoms. The first-order chi connectivity index (χ1) is 20.2. The number of amides is 1.